The third kappa shape index (κ3) is 2.44. The highest BCUT2D eigenvalue weighted by molar-refractivity contribution is 4.81. The van der Waals surface area contributed by atoms with E-state index in [0.717, 1.165) is 19.0 Å². The Kier molecular flexibility index (Phi) is 3.23. The van der Waals surface area contributed by atoms with E-state index < -0.39 is 0 Å². The van der Waals surface area contributed by atoms with Crippen molar-refractivity contribution in [3.05, 3.63) is 0 Å². The zero-order chi connectivity index (χ0) is 9.10. The summed E-state index contributed by atoms with van der Waals surface area (Å²) in [5.74, 6) is 0.965. The number of hydrogen-bond donors (Lipinski definition) is 1. The van der Waals surface area contributed by atoms with Gasteiger partial charge >= 0.3 is 0 Å². The molecule has 0 aromatic carbocycles. The van der Waals surface area contributed by atoms with Crippen molar-refractivity contribution in [2.75, 3.05) is 13.1 Å². The molecule has 0 aromatic rings. The number of hydrogen-bond acceptors (Lipinski definition) is 2. The molecule has 0 aromatic heterocycles. The second-order valence-corrected chi connectivity index (χ2v) is 4.45. The van der Waals surface area contributed by atoms with Crippen molar-refractivity contribution in [1.29, 1.82) is 0 Å². The zero-order valence-electron chi connectivity index (χ0n) is 8.59. The fraction of sp³-hybridized carbons (Fsp3) is 1.00. The zero-order valence-corrected chi connectivity index (χ0v) is 8.59. The van der Waals surface area contributed by atoms with Crippen LogP contribution in [-0.4, -0.2) is 25.3 Å². The van der Waals surface area contributed by atoms with E-state index in [4.69, 9.17) is 4.74 Å². The maximum Gasteiger partial charge on any atom is 0.0603 e. The van der Waals surface area contributed by atoms with Crippen LogP contribution in [-0.2, 0) is 4.74 Å². The van der Waals surface area contributed by atoms with Crippen LogP contribution in [0, 0.1) is 5.92 Å². The standard InChI is InChI=1S/C11H21NO/c1-2-9-7-11(8-9)13-10-3-5-12-6-4-10/h9-12H,2-8H2,1H3. The molecule has 1 aliphatic heterocycles. The van der Waals surface area contributed by atoms with Gasteiger partial charge in [-0.15, -0.1) is 0 Å². The molecule has 0 atom stereocenters. The Bertz CT molecular complexity index is 148. The Morgan fingerprint density at radius 2 is 1.85 bits per heavy atom. The highest BCUT2D eigenvalue weighted by Gasteiger charge is 2.30. The van der Waals surface area contributed by atoms with Crippen LogP contribution in [0.3, 0.4) is 0 Å². The largest absolute Gasteiger partial charge is 0.375 e. The van der Waals surface area contributed by atoms with Gasteiger partial charge < -0.3 is 10.1 Å². The minimum Gasteiger partial charge on any atom is -0.375 e. The van der Waals surface area contributed by atoms with Gasteiger partial charge in [-0.2, -0.15) is 0 Å². The van der Waals surface area contributed by atoms with Gasteiger partial charge in [0.15, 0.2) is 0 Å². The monoisotopic (exact) mass is 183 g/mol. The summed E-state index contributed by atoms with van der Waals surface area (Å²) in [5.41, 5.74) is 0. The summed E-state index contributed by atoms with van der Waals surface area (Å²) in [6.45, 7) is 4.58. The van der Waals surface area contributed by atoms with Crippen LogP contribution in [0.4, 0.5) is 0 Å². The van der Waals surface area contributed by atoms with Gasteiger partial charge in [0, 0.05) is 0 Å². The van der Waals surface area contributed by atoms with Gasteiger partial charge in [0.05, 0.1) is 12.2 Å². The van der Waals surface area contributed by atoms with Crippen molar-refractivity contribution < 1.29 is 4.74 Å². The predicted molar refractivity (Wildman–Crippen MR) is 53.8 cm³/mol. The summed E-state index contributed by atoms with van der Waals surface area (Å²) in [6, 6.07) is 0. The van der Waals surface area contributed by atoms with Crippen LogP contribution in [0.25, 0.3) is 0 Å². The van der Waals surface area contributed by atoms with E-state index in [-0.39, 0.29) is 0 Å². The first kappa shape index (κ1) is 9.47. The first-order valence-corrected chi connectivity index (χ1v) is 5.74. The molecule has 2 heteroatoms. The minimum atomic E-state index is 0.559. The van der Waals surface area contributed by atoms with Crippen LogP contribution in [0.2, 0.25) is 0 Å². The van der Waals surface area contributed by atoms with Gasteiger partial charge in [0.2, 0.25) is 0 Å². The number of rotatable bonds is 3. The normalized spacial score (nSPS) is 35.8. The van der Waals surface area contributed by atoms with Crippen molar-refractivity contribution in [1.82, 2.24) is 5.32 Å². The van der Waals surface area contributed by atoms with Gasteiger partial charge in [0.25, 0.3) is 0 Å². The van der Waals surface area contributed by atoms with Crippen molar-refractivity contribution in [2.45, 2.75) is 51.2 Å². The molecule has 76 valence electrons. The summed E-state index contributed by atoms with van der Waals surface area (Å²) >= 11 is 0. The molecule has 1 heterocycles. The van der Waals surface area contributed by atoms with Crippen LogP contribution in [0.1, 0.15) is 39.0 Å². The maximum atomic E-state index is 6.02. The molecule has 2 nitrogen and oxygen atoms in total. The predicted octanol–water partition coefficient (Wildman–Crippen LogP) is 1.94. The first-order valence-electron chi connectivity index (χ1n) is 5.74. The smallest absolute Gasteiger partial charge is 0.0603 e. The number of nitrogens with one attached hydrogen (secondary N) is 1. The average Bonchev–Trinajstić information content (AvgIpc) is 2.12. The van der Waals surface area contributed by atoms with E-state index in [1.165, 1.54) is 32.1 Å². The Morgan fingerprint density at radius 1 is 1.15 bits per heavy atom. The van der Waals surface area contributed by atoms with Crippen molar-refractivity contribution in [3.8, 4) is 0 Å². The fourth-order valence-corrected chi connectivity index (χ4v) is 2.32. The lowest BCUT2D eigenvalue weighted by Gasteiger charge is -2.38. The molecule has 0 unspecified atom stereocenters. The quantitative estimate of drug-likeness (QED) is 0.722. The third-order valence-electron chi connectivity index (χ3n) is 3.44. The lowest BCUT2D eigenvalue weighted by atomic mass is 9.80. The summed E-state index contributed by atoms with van der Waals surface area (Å²) < 4.78 is 6.02. The Hall–Kier alpha value is -0.0800. The van der Waals surface area contributed by atoms with Crippen molar-refractivity contribution in [3.63, 3.8) is 0 Å². The average molecular weight is 183 g/mol. The van der Waals surface area contributed by atoms with Gasteiger partial charge in [-0.1, -0.05) is 13.3 Å². The molecule has 13 heavy (non-hydrogen) atoms. The first-order chi connectivity index (χ1) is 6.38. The molecular formula is C11H21NO. The van der Waals surface area contributed by atoms with Crippen molar-refractivity contribution >= 4 is 0 Å². The molecule has 1 saturated carbocycles. The van der Waals surface area contributed by atoms with E-state index in [0.29, 0.717) is 12.2 Å². The molecule has 0 amide bonds. The molecule has 2 aliphatic rings. The van der Waals surface area contributed by atoms with E-state index in [9.17, 15) is 0 Å². The molecule has 0 spiro atoms. The molecule has 0 radical (unpaired) electrons. The van der Waals surface area contributed by atoms with Crippen molar-refractivity contribution in [2.24, 2.45) is 5.92 Å². The summed E-state index contributed by atoms with van der Waals surface area (Å²) in [4.78, 5) is 0. The summed E-state index contributed by atoms with van der Waals surface area (Å²) in [5, 5.41) is 3.36. The molecule has 1 saturated heterocycles. The van der Waals surface area contributed by atoms with E-state index >= 15 is 0 Å². The number of piperidine rings is 1. The highest BCUT2D eigenvalue weighted by Crippen LogP contribution is 2.33. The van der Waals surface area contributed by atoms with Crippen LogP contribution in [0.5, 0.6) is 0 Å². The Labute approximate surface area is 81.0 Å². The Balaban J connectivity index is 1.62. The van der Waals surface area contributed by atoms with E-state index in [1.54, 1.807) is 0 Å². The summed E-state index contributed by atoms with van der Waals surface area (Å²) in [7, 11) is 0. The number of ether oxygens (including phenoxy) is 1. The van der Waals surface area contributed by atoms with Gasteiger partial charge in [0.1, 0.15) is 0 Å². The van der Waals surface area contributed by atoms with Crippen LogP contribution in [0.15, 0.2) is 0 Å². The molecule has 1 N–H and O–H groups in total. The maximum absolute atomic E-state index is 6.02. The highest BCUT2D eigenvalue weighted by atomic mass is 16.5. The Morgan fingerprint density at radius 3 is 2.46 bits per heavy atom. The second-order valence-electron chi connectivity index (χ2n) is 4.45. The molecule has 2 rings (SSSR count). The molecule has 0 bridgehead atoms. The third-order valence-corrected chi connectivity index (χ3v) is 3.44. The SMILES string of the molecule is CCC1CC(OC2CCNCC2)C1. The molecule has 2 fully saturated rings. The van der Waals surface area contributed by atoms with E-state index in [2.05, 4.69) is 12.2 Å². The lowest BCUT2D eigenvalue weighted by molar-refractivity contribution is -0.0848. The fourth-order valence-electron chi connectivity index (χ4n) is 2.32. The lowest BCUT2D eigenvalue weighted by Crippen LogP contribution is -2.39. The topological polar surface area (TPSA) is 21.3 Å². The second kappa shape index (κ2) is 4.43. The van der Waals surface area contributed by atoms with E-state index in [1.807, 2.05) is 0 Å². The molecular weight excluding hydrogens is 162 g/mol. The van der Waals surface area contributed by atoms with Gasteiger partial charge in [-0.3, -0.25) is 0 Å². The van der Waals surface area contributed by atoms with Gasteiger partial charge in [-0.25, -0.2) is 0 Å². The van der Waals surface area contributed by atoms with Crippen LogP contribution < -0.4 is 5.32 Å². The molecule has 1 aliphatic carbocycles. The van der Waals surface area contributed by atoms with Gasteiger partial charge in [-0.05, 0) is 44.7 Å². The minimum absolute atomic E-state index is 0.559. The van der Waals surface area contributed by atoms with Crippen LogP contribution >= 0.6 is 0 Å². The summed E-state index contributed by atoms with van der Waals surface area (Å²) in [6.07, 6.45) is 7.57.